The van der Waals surface area contributed by atoms with Crippen molar-refractivity contribution in [3.63, 3.8) is 0 Å². The van der Waals surface area contributed by atoms with E-state index in [1.807, 2.05) is 55.5 Å². The van der Waals surface area contributed by atoms with Gasteiger partial charge in [-0.3, -0.25) is 9.69 Å². The van der Waals surface area contributed by atoms with Crippen molar-refractivity contribution in [3.05, 3.63) is 106 Å². The fraction of sp³-hybridized carbons (Fsp3) is 0.0833. The molecule has 0 bridgehead atoms. The second-order valence-electron chi connectivity index (χ2n) is 6.82. The summed E-state index contributed by atoms with van der Waals surface area (Å²) in [4.78, 5) is 19.5. The number of nitrogens with zero attached hydrogens (tertiary/aromatic N) is 2. The zero-order valence-electron chi connectivity index (χ0n) is 16.2. The Morgan fingerprint density at radius 2 is 1.73 bits per heavy atom. The minimum absolute atomic E-state index is 0.202. The molecule has 1 heterocycles. The molecule has 0 aromatic heterocycles. The summed E-state index contributed by atoms with van der Waals surface area (Å²) in [5, 5.41) is 1.29. The summed E-state index contributed by atoms with van der Waals surface area (Å²) in [6, 6.07) is 21.3. The number of halogens is 2. The van der Waals surface area contributed by atoms with Crippen LogP contribution in [0.25, 0.3) is 6.08 Å². The molecule has 0 radical (unpaired) electrons. The molecule has 1 aliphatic rings. The van der Waals surface area contributed by atoms with E-state index in [1.54, 1.807) is 23.1 Å². The molecule has 0 atom stereocenters. The monoisotopic (exact) mass is 436 g/mol. The molecule has 1 aliphatic heterocycles. The molecule has 0 unspecified atom stereocenters. The highest BCUT2D eigenvalue weighted by atomic mass is 35.5. The van der Waals surface area contributed by atoms with Gasteiger partial charge in [-0.25, -0.2) is 9.38 Å². The van der Waals surface area contributed by atoms with E-state index in [-0.39, 0.29) is 11.7 Å². The number of para-hydroxylation sites is 1. The number of benzene rings is 3. The Bertz CT molecular complexity index is 1140. The SMILES string of the molecule is Cc1ccccc1N1C(=O)/C(=C/c2ccc(F)cc2)N=C1SCc1ccc(Cl)cc1. The molecule has 0 saturated heterocycles. The maximum Gasteiger partial charge on any atom is 0.283 e. The van der Waals surface area contributed by atoms with E-state index in [4.69, 9.17) is 11.6 Å². The summed E-state index contributed by atoms with van der Waals surface area (Å²) < 4.78 is 13.2. The number of hydrogen-bond donors (Lipinski definition) is 0. The third kappa shape index (κ3) is 4.48. The molecule has 6 heteroatoms. The van der Waals surface area contributed by atoms with Gasteiger partial charge in [0.2, 0.25) is 0 Å². The first kappa shape index (κ1) is 20.4. The van der Waals surface area contributed by atoms with Crippen LogP contribution < -0.4 is 4.90 Å². The van der Waals surface area contributed by atoms with Gasteiger partial charge in [0.05, 0.1) is 5.69 Å². The van der Waals surface area contributed by atoms with E-state index >= 15 is 0 Å². The number of carbonyl (C=O) groups is 1. The molecule has 0 spiro atoms. The Labute approximate surface area is 183 Å². The second kappa shape index (κ2) is 8.86. The van der Waals surface area contributed by atoms with Crippen LogP contribution in [0.3, 0.4) is 0 Å². The molecule has 150 valence electrons. The van der Waals surface area contributed by atoms with Crippen molar-refractivity contribution >= 4 is 46.2 Å². The van der Waals surface area contributed by atoms with Gasteiger partial charge in [-0.15, -0.1) is 0 Å². The topological polar surface area (TPSA) is 32.7 Å². The van der Waals surface area contributed by atoms with Crippen LogP contribution in [0.4, 0.5) is 10.1 Å². The summed E-state index contributed by atoms with van der Waals surface area (Å²) in [5.74, 6) is 0.126. The molecule has 4 rings (SSSR count). The number of carbonyl (C=O) groups excluding carboxylic acids is 1. The van der Waals surface area contributed by atoms with E-state index in [2.05, 4.69) is 4.99 Å². The average Bonchev–Trinajstić information content (AvgIpc) is 3.05. The van der Waals surface area contributed by atoms with Crippen LogP contribution in [0.15, 0.2) is 83.5 Å². The van der Waals surface area contributed by atoms with Gasteiger partial charge in [-0.2, -0.15) is 0 Å². The van der Waals surface area contributed by atoms with Crippen LogP contribution in [-0.4, -0.2) is 11.1 Å². The summed E-state index contributed by atoms with van der Waals surface area (Å²) >= 11 is 7.46. The van der Waals surface area contributed by atoms with Crippen molar-refractivity contribution in [1.82, 2.24) is 0 Å². The molecule has 0 fully saturated rings. The lowest BCUT2D eigenvalue weighted by atomic mass is 10.1. The summed E-state index contributed by atoms with van der Waals surface area (Å²) in [6.07, 6.45) is 1.68. The summed E-state index contributed by atoms with van der Waals surface area (Å²) in [5.41, 5.74) is 3.90. The lowest BCUT2D eigenvalue weighted by Crippen LogP contribution is -2.30. The standard InChI is InChI=1S/C24H18ClFN2OS/c1-16-4-2-3-5-22(16)28-23(29)21(14-17-8-12-20(26)13-9-17)27-24(28)30-15-18-6-10-19(25)11-7-18/h2-14H,15H2,1H3/b21-14-. The van der Waals surface area contributed by atoms with Gasteiger partial charge in [0.25, 0.3) is 5.91 Å². The Kier molecular flexibility index (Phi) is 6.02. The van der Waals surface area contributed by atoms with Gasteiger partial charge in [-0.1, -0.05) is 65.8 Å². The van der Waals surface area contributed by atoms with E-state index in [9.17, 15) is 9.18 Å². The Balaban J connectivity index is 1.67. The van der Waals surface area contributed by atoms with Gasteiger partial charge in [-0.05, 0) is 60.0 Å². The smallest absolute Gasteiger partial charge is 0.266 e. The van der Waals surface area contributed by atoms with Crippen molar-refractivity contribution in [1.29, 1.82) is 0 Å². The number of hydrogen-bond acceptors (Lipinski definition) is 3. The average molecular weight is 437 g/mol. The fourth-order valence-corrected chi connectivity index (χ4v) is 4.15. The predicted molar refractivity (Wildman–Crippen MR) is 123 cm³/mol. The molecule has 3 aromatic carbocycles. The number of amides is 1. The number of amidine groups is 1. The molecule has 30 heavy (non-hydrogen) atoms. The van der Waals surface area contributed by atoms with Crippen LogP contribution in [0.2, 0.25) is 5.02 Å². The highest BCUT2D eigenvalue weighted by Gasteiger charge is 2.32. The number of anilines is 1. The first-order chi connectivity index (χ1) is 14.5. The van der Waals surface area contributed by atoms with Crippen LogP contribution in [0, 0.1) is 12.7 Å². The summed E-state index contributed by atoms with van der Waals surface area (Å²) in [6.45, 7) is 1.96. The van der Waals surface area contributed by atoms with Crippen molar-refractivity contribution in [3.8, 4) is 0 Å². The van der Waals surface area contributed by atoms with Crippen molar-refractivity contribution in [2.75, 3.05) is 4.90 Å². The zero-order chi connectivity index (χ0) is 21.1. The largest absolute Gasteiger partial charge is 0.283 e. The van der Waals surface area contributed by atoms with E-state index in [1.165, 1.54) is 23.9 Å². The predicted octanol–water partition coefficient (Wildman–Crippen LogP) is 6.46. The maximum absolute atomic E-state index is 13.2. The molecule has 0 N–H and O–H groups in total. The second-order valence-corrected chi connectivity index (χ2v) is 8.20. The van der Waals surface area contributed by atoms with Gasteiger partial charge in [0.1, 0.15) is 11.5 Å². The van der Waals surface area contributed by atoms with E-state index in [0.29, 0.717) is 21.6 Å². The zero-order valence-corrected chi connectivity index (χ0v) is 17.8. The number of aliphatic imine (C=N–C) groups is 1. The lowest BCUT2D eigenvalue weighted by molar-refractivity contribution is -0.113. The molecule has 0 saturated carbocycles. The molecular formula is C24H18ClFN2OS. The third-order valence-electron chi connectivity index (χ3n) is 4.64. The first-order valence-corrected chi connectivity index (χ1v) is 10.7. The van der Waals surface area contributed by atoms with Gasteiger partial charge in [0, 0.05) is 10.8 Å². The minimum atomic E-state index is -0.320. The summed E-state index contributed by atoms with van der Waals surface area (Å²) in [7, 11) is 0. The van der Waals surface area contributed by atoms with Gasteiger partial charge in [0.15, 0.2) is 5.17 Å². The quantitative estimate of drug-likeness (QED) is 0.439. The van der Waals surface area contributed by atoms with Crippen molar-refractivity contribution in [2.45, 2.75) is 12.7 Å². The molecule has 3 aromatic rings. The van der Waals surface area contributed by atoms with E-state index < -0.39 is 0 Å². The maximum atomic E-state index is 13.2. The first-order valence-electron chi connectivity index (χ1n) is 9.34. The fourth-order valence-electron chi connectivity index (χ4n) is 3.07. The van der Waals surface area contributed by atoms with Crippen molar-refractivity contribution < 1.29 is 9.18 Å². The highest BCUT2D eigenvalue weighted by molar-refractivity contribution is 8.13. The molecule has 0 aliphatic carbocycles. The van der Waals surface area contributed by atoms with E-state index in [0.717, 1.165) is 22.4 Å². The van der Waals surface area contributed by atoms with Crippen LogP contribution in [-0.2, 0) is 10.5 Å². The normalized spacial score (nSPS) is 15.0. The van der Waals surface area contributed by atoms with Crippen LogP contribution >= 0.6 is 23.4 Å². The van der Waals surface area contributed by atoms with Gasteiger partial charge < -0.3 is 0 Å². The van der Waals surface area contributed by atoms with Crippen LogP contribution in [0.5, 0.6) is 0 Å². The number of aryl methyl sites for hydroxylation is 1. The van der Waals surface area contributed by atoms with Gasteiger partial charge >= 0.3 is 0 Å². The Morgan fingerprint density at radius 3 is 2.43 bits per heavy atom. The Morgan fingerprint density at radius 1 is 1.03 bits per heavy atom. The molecular weight excluding hydrogens is 419 g/mol. The molecule has 3 nitrogen and oxygen atoms in total. The lowest BCUT2D eigenvalue weighted by Gasteiger charge is -2.19. The minimum Gasteiger partial charge on any atom is -0.266 e. The highest BCUT2D eigenvalue weighted by Crippen LogP contribution is 2.32. The third-order valence-corrected chi connectivity index (χ3v) is 5.90. The Hall–Kier alpha value is -2.89. The number of thioether (sulfide) groups is 1. The number of rotatable bonds is 4. The van der Waals surface area contributed by atoms with Crippen LogP contribution in [0.1, 0.15) is 16.7 Å². The molecule has 1 amide bonds. The van der Waals surface area contributed by atoms with Crippen molar-refractivity contribution in [2.24, 2.45) is 4.99 Å².